The average Bonchev–Trinajstić information content (AvgIpc) is 2.88. The van der Waals surface area contributed by atoms with E-state index in [1.807, 2.05) is 0 Å². The number of hydrogen-bond donors (Lipinski definition) is 1. The van der Waals surface area contributed by atoms with Gasteiger partial charge in [-0.15, -0.1) is 22.9 Å². The van der Waals surface area contributed by atoms with E-state index in [2.05, 4.69) is 27.6 Å². The quantitative estimate of drug-likeness (QED) is 0.847. The number of aryl methyl sites for hydroxylation is 1. The Kier molecular flexibility index (Phi) is 4.41. The van der Waals surface area contributed by atoms with Crippen LogP contribution < -0.4 is 5.32 Å². The molecule has 0 amide bonds. The molecule has 108 valence electrons. The van der Waals surface area contributed by atoms with Gasteiger partial charge >= 0.3 is 0 Å². The smallest absolute Gasteiger partial charge is 0.147 e. The number of rotatable bonds is 4. The number of fused-ring (bicyclic) bond motifs is 1. The van der Waals surface area contributed by atoms with Gasteiger partial charge in [-0.05, 0) is 42.5 Å². The maximum absolute atomic E-state index is 6.10. The highest BCUT2D eigenvalue weighted by atomic mass is 35.5. The topological polar surface area (TPSA) is 37.8 Å². The fraction of sp³-hybridized carbons (Fsp3) is 0.600. The highest BCUT2D eigenvalue weighted by Crippen LogP contribution is 2.32. The lowest BCUT2D eigenvalue weighted by atomic mass is 9.80. The Hall–Kier alpha value is -0.870. The van der Waals surface area contributed by atoms with Crippen molar-refractivity contribution < 1.29 is 0 Å². The summed E-state index contributed by atoms with van der Waals surface area (Å²) >= 11 is 7.82. The Balaban J connectivity index is 1.73. The number of thiophene rings is 1. The van der Waals surface area contributed by atoms with Crippen LogP contribution in [0.4, 0.5) is 5.82 Å². The molecule has 1 fully saturated rings. The molecule has 0 aliphatic heterocycles. The maximum Gasteiger partial charge on any atom is 0.147 e. The molecule has 2 heterocycles. The van der Waals surface area contributed by atoms with Crippen molar-refractivity contribution in [3.8, 4) is 0 Å². The normalized spacial score (nSPS) is 23.1. The van der Waals surface area contributed by atoms with Crippen molar-refractivity contribution >= 4 is 39.0 Å². The second kappa shape index (κ2) is 6.27. The summed E-state index contributed by atoms with van der Waals surface area (Å²) < 4.78 is 1.17. The fourth-order valence-electron chi connectivity index (χ4n) is 3.08. The summed E-state index contributed by atoms with van der Waals surface area (Å²) in [6.45, 7) is 3.07. The largest absolute Gasteiger partial charge is 0.368 e. The zero-order valence-electron chi connectivity index (χ0n) is 11.7. The average molecular weight is 310 g/mol. The number of nitrogens with one attached hydrogen (secondary N) is 1. The molecule has 2 aromatic heterocycles. The molecule has 0 radical (unpaired) electrons. The van der Waals surface area contributed by atoms with Gasteiger partial charge in [0.25, 0.3) is 0 Å². The van der Waals surface area contributed by atoms with Gasteiger partial charge in [0, 0.05) is 12.4 Å². The van der Waals surface area contributed by atoms with Gasteiger partial charge in [0.2, 0.25) is 0 Å². The molecule has 2 atom stereocenters. The summed E-state index contributed by atoms with van der Waals surface area (Å²) in [5.41, 5.74) is 2.30. The molecule has 0 bridgehead atoms. The van der Waals surface area contributed by atoms with Crippen molar-refractivity contribution in [2.45, 2.75) is 32.6 Å². The summed E-state index contributed by atoms with van der Waals surface area (Å²) in [4.78, 5) is 8.78. The number of hydrogen-bond acceptors (Lipinski definition) is 4. The second-order valence-corrected chi connectivity index (χ2v) is 6.85. The van der Waals surface area contributed by atoms with Gasteiger partial charge in [-0.2, -0.15) is 0 Å². The van der Waals surface area contributed by atoms with Crippen LogP contribution in [0.5, 0.6) is 0 Å². The number of anilines is 1. The lowest BCUT2D eigenvalue weighted by Gasteiger charge is -2.30. The van der Waals surface area contributed by atoms with Gasteiger partial charge in [-0.25, -0.2) is 9.97 Å². The van der Waals surface area contributed by atoms with E-state index in [0.717, 1.165) is 23.8 Å². The Labute approximate surface area is 128 Å². The first-order valence-electron chi connectivity index (χ1n) is 7.28. The monoisotopic (exact) mass is 309 g/mol. The van der Waals surface area contributed by atoms with Gasteiger partial charge < -0.3 is 5.32 Å². The van der Waals surface area contributed by atoms with E-state index in [1.165, 1.54) is 35.9 Å². The van der Waals surface area contributed by atoms with Crippen LogP contribution in [0.1, 0.15) is 31.2 Å². The van der Waals surface area contributed by atoms with Crippen LogP contribution in [-0.2, 0) is 0 Å². The Bertz CT molecular complexity index is 584. The molecule has 0 aromatic carbocycles. The molecular weight excluding hydrogens is 290 g/mol. The summed E-state index contributed by atoms with van der Waals surface area (Å²) in [6.07, 6.45) is 6.87. The minimum atomic E-state index is 0.653. The minimum Gasteiger partial charge on any atom is -0.368 e. The van der Waals surface area contributed by atoms with Crippen molar-refractivity contribution in [2.75, 3.05) is 17.7 Å². The van der Waals surface area contributed by atoms with Crippen LogP contribution in [0.25, 0.3) is 10.2 Å². The van der Waals surface area contributed by atoms with Crippen molar-refractivity contribution in [2.24, 2.45) is 11.8 Å². The van der Waals surface area contributed by atoms with Crippen LogP contribution in [-0.4, -0.2) is 22.4 Å². The highest BCUT2D eigenvalue weighted by molar-refractivity contribution is 7.18. The molecule has 0 spiro atoms. The van der Waals surface area contributed by atoms with Gasteiger partial charge in [0.05, 0.1) is 10.2 Å². The molecular formula is C15H20ClN3S. The van der Waals surface area contributed by atoms with Gasteiger partial charge in [0.1, 0.15) is 12.1 Å². The predicted octanol–water partition coefficient (Wildman–Crippen LogP) is 4.46. The maximum atomic E-state index is 6.10. The third kappa shape index (κ3) is 2.77. The Morgan fingerprint density at radius 3 is 2.90 bits per heavy atom. The number of nitrogens with zero attached hydrogens (tertiary/aromatic N) is 2. The van der Waals surface area contributed by atoms with Crippen molar-refractivity contribution in [3.05, 3.63) is 17.3 Å². The Morgan fingerprint density at radius 2 is 2.10 bits per heavy atom. The fourth-order valence-corrected chi connectivity index (χ4v) is 4.45. The van der Waals surface area contributed by atoms with E-state index in [9.17, 15) is 0 Å². The zero-order valence-corrected chi connectivity index (χ0v) is 13.3. The summed E-state index contributed by atoms with van der Waals surface area (Å²) in [7, 11) is 0. The molecule has 20 heavy (non-hydrogen) atoms. The standard InChI is InChI=1S/C15H20ClN3S/c1-10-8-20-14-13(10)18-9-19-15(14)17-7-12-5-3-2-4-11(12)6-16/h8-9,11-12H,2-7H2,1H3,(H,17,18,19). The van der Waals surface area contributed by atoms with Crippen LogP contribution >= 0.6 is 22.9 Å². The second-order valence-electron chi connectivity index (χ2n) is 5.66. The van der Waals surface area contributed by atoms with Crippen LogP contribution in [0.3, 0.4) is 0 Å². The van der Waals surface area contributed by atoms with Crippen molar-refractivity contribution in [3.63, 3.8) is 0 Å². The first-order chi connectivity index (χ1) is 9.79. The van der Waals surface area contributed by atoms with Gasteiger partial charge in [-0.3, -0.25) is 0 Å². The third-order valence-corrected chi connectivity index (χ3v) is 5.82. The van der Waals surface area contributed by atoms with Gasteiger partial charge in [0.15, 0.2) is 0 Å². The lowest BCUT2D eigenvalue weighted by Crippen LogP contribution is -2.27. The molecule has 3 nitrogen and oxygen atoms in total. The molecule has 2 unspecified atom stereocenters. The molecule has 1 aliphatic carbocycles. The molecule has 3 rings (SSSR count). The number of halogens is 1. The SMILES string of the molecule is Cc1csc2c(NCC3CCCCC3CCl)ncnc12. The van der Waals surface area contributed by atoms with Crippen LogP contribution in [0.15, 0.2) is 11.7 Å². The first kappa shape index (κ1) is 14.1. The first-order valence-corrected chi connectivity index (χ1v) is 8.69. The summed E-state index contributed by atoms with van der Waals surface area (Å²) in [5.74, 6) is 3.09. The van der Waals surface area contributed by atoms with Crippen LogP contribution in [0, 0.1) is 18.8 Å². The zero-order chi connectivity index (χ0) is 13.9. The summed E-state index contributed by atoms with van der Waals surface area (Å²) in [5, 5.41) is 5.68. The van der Waals surface area contributed by atoms with E-state index in [0.29, 0.717) is 11.8 Å². The van der Waals surface area contributed by atoms with Crippen LogP contribution in [0.2, 0.25) is 0 Å². The minimum absolute atomic E-state index is 0.653. The Morgan fingerprint density at radius 1 is 1.30 bits per heavy atom. The number of aromatic nitrogens is 2. The van der Waals surface area contributed by atoms with E-state index < -0.39 is 0 Å². The van der Waals surface area contributed by atoms with Gasteiger partial charge in [-0.1, -0.05) is 12.8 Å². The molecule has 2 aromatic rings. The van der Waals surface area contributed by atoms with E-state index in [-0.39, 0.29) is 0 Å². The molecule has 1 aliphatic rings. The lowest BCUT2D eigenvalue weighted by molar-refractivity contribution is 0.272. The molecule has 5 heteroatoms. The molecule has 1 N–H and O–H groups in total. The van der Waals surface area contributed by atoms with E-state index >= 15 is 0 Å². The molecule has 1 saturated carbocycles. The highest BCUT2D eigenvalue weighted by Gasteiger charge is 2.24. The summed E-state index contributed by atoms with van der Waals surface area (Å²) in [6, 6.07) is 0. The predicted molar refractivity (Wildman–Crippen MR) is 86.8 cm³/mol. The molecule has 0 saturated heterocycles. The third-order valence-electron chi connectivity index (χ3n) is 4.33. The number of alkyl halides is 1. The van der Waals surface area contributed by atoms with E-state index in [4.69, 9.17) is 11.6 Å². The van der Waals surface area contributed by atoms with Crippen molar-refractivity contribution in [1.82, 2.24) is 9.97 Å². The van der Waals surface area contributed by atoms with Crippen molar-refractivity contribution in [1.29, 1.82) is 0 Å². The van der Waals surface area contributed by atoms with E-state index in [1.54, 1.807) is 17.7 Å².